The van der Waals surface area contributed by atoms with Crippen LogP contribution in [0.3, 0.4) is 0 Å². The number of fused-ring (bicyclic) bond motifs is 1. The fourth-order valence-corrected chi connectivity index (χ4v) is 2.10. The van der Waals surface area contributed by atoms with Gasteiger partial charge < -0.3 is 14.8 Å². The van der Waals surface area contributed by atoms with E-state index in [0.29, 0.717) is 18.0 Å². The largest absolute Gasteiger partial charge is 0.485 e. The second-order valence-electron chi connectivity index (χ2n) is 4.74. The molecule has 1 aromatic carbocycles. The molecule has 0 saturated carbocycles. The van der Waals surface area contributed by atoms with Gasteiger partial charge in [-0.25, -0.2) is 4.68 Å². The van der Waals surface area contributed by atoms with Gasteiger partial charge in [-0.05, 0) is 18.2 Å². The van der Waals surface area contributed by atoms with E-state index in [4.69, 9.17) is 9.47 Å². The summed E-state index contributed by atoms with van der Waals surface area (Å²) in [6.07, 6.45) is 0.827. The van der Waals surface area contributed by atoms with Gasteiger partial charge in [0.2, 0.25) is 6.10 Å². The summed E-state index contributed by atoms with van der Waals surface area (Å²) in [6, 6.07) is 10.2. The van der Waals surface area contributed by atoms with Crippen molar-refractivity contribution in [2.45, 2.75) is 12.6 Å². The van der Waals surface area contributed by atoms with E-state index in [1.165, 1.54) is 16.9 Å². The number of hydrogen-bond acceptors (Lipinski definition) is 5. The molecule has 2 heterocycles. The topological polar surface area (TPSA) is 82.5 Å². The molecule has 0 aliphatic carbocycles. The SMILES string of the molecule is O=C(NCCn1ncccc1=O)[C@H]1COc2ccccc2O1. The molecule has 1 aromatic heterocycles. The van der Waals surface area contributed by atoms with Crippen molar-refractivity contribution in [3.05, 3.63) is 52.9 Å². The van der Waals surface area contributed by atoms with Crippen LogP contribution >= 0.6 is 0 Å². The number of nitrogens with zero attached hydrogens (tertiary/aromatic N) is 2. The molecule has 1 N–H and O–H groups in total. The molecule has 0 spiro atoms. The summed E-state index contributed by atoms with van der Waals surface area (Å²) in [4.78, 5) is 23.5. The lowest BCUT2D eigenvalue weighted by Crippen LogP contribution is -2.45. The quantitative estimate of drug-likeness (QED) is 0.872. The smallest absolute Gasteiger partial charge is 0.266 e. The fourth-order valence-electron chi connectivity index (χ4n) is 2.10. The summed E-state index contributed by atoms with van der Waals surface area (Å²) >= 11 is 0. The first kappa shape index (κ1) is 14.1. The lowest BCUT2D eigenvalue weighted by Gasteiger charge is -2.25. The van der Waals surface area contributed by atoms with Gasteiger partial charge in [-0.15, -0.1) is 0 Å². The zero-order chi connectivity index (χ0) is 15.4. The Hall–Kier alpha value is -2.83. The highest BCUT2D eigenvalue weighted by Gasteiger charge is 2.26. The molecule has 0 radical (unpaired) electrons. The van der Waals surface area contributed by atoms with Crippen LogP contribution in [0.15, 0.2) is 47.4 Å². The van der Waals surface area contributed by atoms with Crippen LogP contribution in [0.25, 0.3) is 0 Å². The number of nitrogens with one attached hydrogen (secondary N) is 1. The van der Waals surface area contributed by atoms with Gasteiger partial charge in [-0.3, -0.25) is 9.59 Å². The summed E-state index contributed by atoms with van der Waals surface area (Å²) in [6.45, 7) is 0.749. The second-order valence-corrected chi connectivity index (χ2v) is 4.74. The summed E-state index contributed by atoms with van der Waals surface area (Å²) in [5, 5.41) is 6.63. The molecule has 7 nitrogen and oxygen atoms in total. The minimum Gasteiger partial charge on any atom is -0.485 e. The van der Waals surface area contributed by atoms with E-state index in [9.17, 15) is 9.59 Å². The molecule has 1 amide bonds. The average molecular weight is 301 g/mol. The third-order valence-electron chi connectivity index (χ3n) is 3.21. The average Bonchev–Trinajstić information content (AvgIpc) is 2.56. The van der Waals surface area contributed by atoms with Crippen molar-refractivity contribution in [3.63, 3.8) is 0 Å². The van der Waals surface area contributed by atoms with Crippen LogP contribution in [-0.2, 0) is 11.3 Å². The van der Waals surface area contributed by atoms with Gasteiger partial charge in [0.05, 0.1) is 6.54 Å². The van der Waals surface area contributed by atoms with Gasteiger partial charge in [-0.2, -0.15) is 5.10 Å². The van der Waals surface area contributed by atoms with Gasteiger partial charge in [0.1, 0.15) is 6.61 Å². The van der Waals surface area contributed by atoms with Crippen molar-refractivity contribution in [2.24, 2.45) is 0 Å². The Morgan fingerprint density at radius 2 is 2.09 bits per heavy atom. The van der Waals surface area contributed by atoms with Crippen LogP contribution in [0.2, 0.25) is 0 Å². The molecular weight excluding hydrogens is 286 g/mol. The number of aromatic nitrogens is 2. The maximum absolute atomic E-state index is 12.1. The molecule has 0 fully saturated rings. The van der Waals surface area contributed by atoms with Crippen molar-refractivity contribution < 1.29 is 14.3 Å². The van der Waals surface area contributed by atoms with Gasteiger partial charge in [0.25, 0.3) is 11.5 Å². The monoisotopic (exact) mass is 301 g/mol. The predicted molar refractivity (Wildman–Crippen MR) is 77.9 cm³/mol. The van der Waals surface area contributed by atoms with Crippen LogP contribution in [0.4, 0.5) is 0 Å². The molecular formula is C15H15N3O4. The van der Waals surface area contributed by atoms with Crippen LogP contribution in [0.5, 0.6) is 11.5 Å². The third kappa shape index (κ3) is 3.08. The zero-order valence-corrected chi connectivity index (χ0v) is 11.8. The number of hydrogen-bond donors (Lipinski definition) is 1. The van der Waals surface area contributed by atoms with Crippen molar-refractivity contribution in [1.82, 2.24) is 15.1 Å². The molecule has 3 rings (SSSR count). The van der Waals surface area contributed by atoms with E-state index >= 15 is 0 Å². The Morgan fingerprint density at radius 3 is 2.91 bits per heavy atom. The molecule has 22 heavy (non-hydrogen) atoms. The minimum absolute atomic E-state index is 0.159. The van der Waals surface area contributed by atoms with E-state index in [-0.39, 0.29) is 24.6 Å². The normalized spacial score (nSPS) is 16.1. The van der Waals surface area contributed by atoms with Crippen LogP contribution in [0.1, 0.15) is 0 Å². The third-order valence-corrected chi connectivity index (χ3v) is 3.21. The van der Waals surface area contributed by atoms with Crippen LogP contribution < -0.4 is 20.3 Å². The van der Waals surface area contributed by atoms with Crippen molar-refractivity contribution in [3.8, 4) is 11.5 Å². The Morgan fingerprint density at radius 1 is 1.27 bits per heavy atom. The highest BCUT2D eigenvalue weighted by molar-refractivity contribution is 5.81. The number of ether oxygens (including phenoxy) is 2. The molecule has 1 aliphatic rings. The molecule has 2 aromatic rings. The molecule has 1 atom stereocenters. The highest BCUT2D eigenvalue weighted by Crippen LogP contribution is 2.30. The predicted octanol–water partition coefficient (Wildman–Crippen LogP) is 0.199. The van der Waals surface area contributed by atoms with E-state index in [2.05, 4.69) is 10.4 Å². The number of rotatable bonds is 4. The standard InChI is InChI=1S/C15H15N3O4/c19-14-6-3-7-17-18(14)9-8-16-15(20)13-10-21-11-4-1-2-5-12(11)22-13/h1-7,13H,8-10H2,(H,16,20)/t13-/m1/s1. The zero-order valence-electron chi connectivity index (χ0n) is 11.8. The molecule has 114 valence electrons. The maximum Gasteiger partial charge on any atom is 0.266 e. The Balaban J connectivity index is 1.53. The summed E-state index contributed by atoms with van der Waals surface area (Å²) in [5.41, 5.74) is -0.206. The minimum atomic E-state index is -0.699. The van der Waals surface area contributed by atoms with E-state index in [0.717, 1.165) is 0 Å². The molecule has 0 bridgehead atoms. The van der Waals surface area contributed by atoms with Crippen LogP contribution in [-0.4, -0.2) is 34.9 Å². The lowest BCUT2D eigenvalue weighted by atomic mass is 10.2. The lowest BCUT2D eigenvalue weighted by molar-refractivity contribution is -0.130. The van der Waals surface area contributed by atoms with E-state index in [1.807, 2.05) is 12.1 Å². The van der Waals surface area contributed by atoms with Gasteiger partial charge >= 0.3 is 0 Å². The number of benzene rings is 1. The number of carbonyl (C=O) groups is 1. The van der Waals surface area contributed by atoms with E-state index < -0.39 is 6.10 Å². The van der Waals surface area contributed by atoms with Crippen molar-refractivity contribution >= 4 is 5.91 Å². The summed E-state index contributed by atoms with van der Waals surface area (Å²) < 4.78 is 12.4. The van der Waals surface area contributed by atoms with Gasteiger partial charge in [0, 0.05) is 18.8 Å². The first-order valence-electron chi connectivity index (χ1n) is 6.92. The van der Waals surface area contributed by atoms with Gasteiger partial charge in [-0.1, -0.05) is 12.1 Å². The number of carbonyl (C=O) groups excluding carboxylic acids is 1. The molecule has 0 saturated heterocycles. The van der Waals surface area contributed by atoms with Crippen molar-refractivity contribution in [1.29, 1.82) is 0 Å². The number of para-hydroxylation sites is 2. The Labute approximate surface area is 126 Å². The highest BCUT2D eigenvalue weighted by atomic mass is 16.6. The Bertz CT molecular complexity index is 728. The number of amides is 1. The molecule has 0 unspecified atom stereocenters. The van der Waals surface area contributed by atoms with E-state index in [1.54, 1.807) is 18.2 Å². The summed E-state index contributed by atoms with van der Waals surface area (Å²) in [7, 11) is 0. The molecule has 1 aliphatic heterocycles. The first-order chi connectivity index (χ1) is 10.7. The first-order valence-corrected chi connectivity index (χ1v) is 6.92. The molecule has 7 heteroatoms. The van der Waals surface area contributed by atoms with Crippen molar-refractivity contribution in [2.75, 3.05) is 13.2 Å². The van der Waals surface area contributed by atoms with Gasteiger partial charge in [0.15, 0.2) is 11.5 Å². The Kier molecular flexibility index (Phi) is 4.04. The fraction of sp³-hybridized carbons (Fsp3) is 0.267. The second kappa shape index (κ2) is 6.30. The van der Waals surface area contributed by atoms with Crippen LogP contribution in [0, 0.1) is 0 Å². The summed E-state index contributed by atoms with van der Waals surface area (Å²) in [5.74, 6) is 0.903. The maximum atomic E-state index is 12.1.